The molecule has 0 atom stereocenters. The number of nitrogens with zero attached hydrogens (tertiary/aromatic N) is 2. The molecule has 0 N–H and O–H groups in total. The van der Waals surface area contributed by atoms with Gasteiger partial charge in [-0.05, 0) is 123 Å². The molecule has 2 heteroatoms. The molecule has 2 aromatic carbocycles. The highest BCUT2D eigenvalue weighted by Crippen LogP contribution is 2.60. The summed E-state index contributed by atoms with van der Waals surface area (Å²) in [6, 6.07) is 16.0. The Bertz CT molecular complexity index is 1070. The fraction of sp³-hybridized carbons (Fsp3) is 0.500. The van der Waals surface area contributed by atoms with Crippen molar-refractivity contribution < 1.29 is 0 Å². The first-order valence-electron chi connectivity index (χ1n) is 12.5. The maximum Gasteiger partial charge on any atom is 0.0630 e. The maximum atomic E-state index is 4.83. The second kappa shape index (κ2) is 7.07. The Morgan fingerprint density at radius 2 is 1.53 bits per heavy atom. The van der Waals surface area contributed by atoms with E-state index >= 15 is 0 Å². The molecule has 4 fully saturated rings. The van der Waals surface area contributed by atoms with Gasteiger partial charge in [0.2, 0.25) is 0 Å². The monoisotopic (exact) mass is 424 g/mol. The molecule has 0 spiro atoms. The van der Waals surface area contributed by atoms with E-state index in [0.717, 1.165) is 29.0 Å². The van der Waals surface area contributed by atoms with Gasteiger partial charge < -0.3 is 4.90 Å². The summed E-state index contributed by atoms with van der Waals surface area (Å²) in [7, 11) is 2.18. The summed E-state index contributed by atoms with van der Waals surface area (Å²) in [6.07, 6.45) is 13.2. The van der Waals surface area contributed by atoms with Crippen molar-refractivity contribution in [2.45, 2.75) is 70.3 Å². The standard InChI is InChI=1S/C30H36N2/c1-20-15-29(2,3)32(4)28-10-5-21(14-27(20)28)19-31-26-8-6-25(7-9-26)30-16-22-11-23(17-30)13-24(12-22)18-30/h5-10,14-15,19,22-24H,11-13,16-18H2,1-4H3. The van der Waals surface area contributed by atoms with Crippen LogP contribution in [0.2, 0.25) is 0 Å². The van der Waals surface area contributed by atoms with Crippen LogP contribution in [0.15, 0.2) is 53.5 Å². The number of likely N-dealkylation sites (N-methyl/N-ethyl adjacent to an activating group) is 1. The van der Waals surface area contributed by atoms with Gasteiger partial charge in [-0.25, -0.2) is 0 Å². The van der Waals surface area contributed by atoms with E-state index in [1.54, 1.807) is 5.56 Å². The van der Waals surface area contributed by atoms with Crippen LogP contribution >= 0.6 is 0 Å². The van der Waals surface area contributed by atoms with E-state index < -0.39 is 0 Å². The van der Waals surface area contributed by atoms with Gasteiger partial charge in [-0.3, -0.25) is 4.99 Å². The molecule has 2 nitrogen and oxygen atoms in total. The predicted molar refractivity (Wildman–Crippen MR) is 136 cm³/mol. The second-order valence-corrected chi connectivity index (χ2v) is 11.8. The molecule has 4 bridgehead atoms. The highest BCUT2D eigenvalue weighted by molar-refractivity contribution is 5.88. The van der Waals surface area contributed by atoms with Crippen LogP contribution < -0.4 is 4.90 Å². The van der Waals surface area contributed by atoms with E-state index in [9.17, 15) is 0 Å². The smallest absolute Gasteiger partial charge is 0.0630 e. The highest BCUT2D eigenvalue weighted by Gasteiger charge is 2.51. The fourth-order valence-electron chi connectivity index (χ4n) is 7.77. The predicted octanol–water partition coefficient (Wildman–Crippen LogP) is 7.54. The number of anilines is 1. The van der Waals surface area contributed by atoms with Gasteiger partial charge in [-0.15, -0.1) is 0 Å². The second-order valence-electron chi connectivity index (χ2n) is 11.8. The van der Waals surface area contributed by atoms with Crippen molar-refractivity contribution in [2.24, 2.45) is 22.7 Å². The molecule has 0 radical (unpaired) electrons. The van der Waals surface area contributed by atoms with E-state index in [-0.39, 0.29) is 5.54 Å². The van der Waals surface area contributed by atoms with Crippen LogP contribution in [0.3, 0.4) is 0 Å². The first kappa shape index (κ1) is 20.3. The van der Waals surface area contributed by atoms with Crippen LogP contribution in [0.5, 0.6) is 0 Å². The quantitative estimate of drug-likeness (QED) is 0.465. The van der Waals surface area contributed by atoms with Crippen molar-refractivity contribution in [1.29, 1.82) is 0 Å². The van der Waals surface area contributed by atoms with E-state index in [0.29, 0.717) is 5.41 Å². The number of hydrogen-bond donors (Lipinski definition) is 0. The molecule has 1 heterocycles. The third-order valence-corrected chi connectivity index (χ3v) is 9.12. The van der Waals surface area contributed by atoms with Crippen LogP contribution in [0.1, 0.15) is 76.0 Å². The zero-order chi connectivity index (χ0) is 22.1. The van der Waals surface area contributed by atoms with Crippen LogP contribution in [0, 0.1) is 17.8 Å². The lowest BCUT2D eigenvalue weighted by Gasteiger charge is -2.57. The third kappa shape index (κ3) is 3.26. The van der Waals surface area contributed by atoms with Gasteiger partial charge in [-0.1, -0.05) is 24.3 Å². The lowest BCUT2D eigenvalue weighted by atomic mass is 9.48. The number of rotatable bonds is 3. The van der Waals surface area contributed by atoms with Crippen LogP contribution in [-0.4, -0.2) is 18.8 Å². The van der Waals surface area contributed by atoms with Crippen LogP contribution in [-0.2, 0) is 5.41 Å². The molecule has 0 amide bonds. The summed E-state index contributed by atoms with van der Waals surface area (Å²) in [4.78, 5) is 7.19. The summed E-state index contributed by atoms with van der Waals surface area (Å²) in [6.45, 7) is 6.75. The molecule has 0 saturated heterocycles. The van der Waals surface area contributed by atoms with E-state index in [1.165, 1.54) is 55.3 Å². The van der Waals surface area contributed by atoms with Gasteiger partial charge in [0, 0.05) is 24.5 Å². The Labute approximate surface area is 193 Å². The van der Waals surface area contributed by atoms with E-state index in [2.05, 4.69) is 81.3 Å². The fourth-order valence-corrected chi connectivity index (χ4v) is 7.77. The highest BCUT2D eigenvalue weighted by atomic mass is 15.2. The normalized spacial score (nSPS) is 32.3. The van der Waals surface area contributed by atoms with Crippen molar-refractivity contribution in [2.75, 3.05) is 11.9 Å². The molecule has 0 unspecified atom stereocenters. The van der Waals surface area contributed by atoms with Crippen molar-refractivity contribution in [1.82, 2.24) is 0 Å². The summed E-state index contributed by atoms with van der Waals surface area (Å²) < 4.78 is 0. The number of aliphatic imine (C=N–C) groups is 1. The SMILES string of the molecule is CC1=CC(C)(C)N(C)c2ccc(C=Nc3ccc(C45CC6CC(CC(C6)C4)C5)cc3)cc21. The minimum absolute atomic E-state index is 0.0468. The van der Waals surface area contributed by atoms with Gasteiger partial charge in [-0.2, -0.15) is 0 Å². The number of benzene rings is 2. The molecule has 4 saturated carbocycles. The number of allylic oxidation sites excluding steroid dienone is 1. The number of hydrogen-bond acceptors (Lipinski definition) is 2. The Morgan fingerprint density at radius 3 is 2.16 bits per heavy atom. The number of fused-ring (bicyclic) bond motifs is 1. The zero-order valence-corrected chi connectivity index (χ0v) is 20.1. The molecular weight excluding hydrogens is 388 g/mol. The van der Waals surface area contributed by atoms with Crippen molar-refractivity contribution in [3.63, 3.8) is 0 Å². The van der Waals surface area contributed by atoms with Crippen molar-refractivity contribution >= 4 is 23.2 Å². The van der Waals surface area contributed by atoms with E-state index in [1.807, 2.05) is 6.21 Å². The minimum Gasteiger partial charge on any atom is -0.366 e. The molecule has 32 heavy (non-hydrogen) atoms. The Hall–Kier alpha value is -2.35. The Morgan fingerprint density at radius 1 is 0.906 bits per heavy atom. The van der Waals surface area contributed by atoms with Gasteiger partial charge in [0.25, 0.3) is 0 Å². The van der Waals surface area contributed by atoms with Crippen LogP contribution in [0.4, 0.5) is 11.4 Å². The largest absolute Gasteiger partial charge is 0.366 e. The first-order chi connectivity index (χ1) is 15.3. The summed E-state index contributed by atoms with van der Waals surface area (Å²) in [5, 5.41) is 0. The van der Waals surface area contributed by atoms with Crippen LogP contribution in [0.25, 0.3) is 5.57 Å². The molecule has 7 rings (SSSR count). The van der Waals surface area contributed by atoms with Crippen molar-refractivity contribution in [3.05, 3.63) is 65.2 Å². The van der Waals surface area contributed by atoms with E-state index in [4.69, 9.17) is 4.99 Å². The average molecular weight is 425 g/mol. The van der Waals surface area contributed by atoms with Gasteiger partial charge in [0.15, 0.2) is 0 Å². The first-order valence-corrected chi connectivity index (χ1v) is 12.5. The topological polar surface area (TPSA) is 15.6 Å². The molecule has 2 aromatic rings. The minimum atomic E-state index is 0.0468. The molecule has 0 aromatic heterocycles. The average Bonchev–Trinajstić information content (AvgIpc) is 2.75. The Balaban J connectivity index is 1.22. The molecule has 166 valence electrons. The third-order valence-electron chi connectivity index (χ3n) is 9.12. The summed E-state index contributed by atoms with van der Waals surface area (Å²) >= 11 is 0. The zero-order valence-electron chi connectivity index (χ0n) is 20.1. The lowest BCUT2D eigenvalue weighted by molar-refractivity contribution is -0.00518. The molecule has 1 aliphatic heterocycles. The molecule has 5 aliphatic rings. The van der Waals surface area contributed by atoms with Gasteiger partial charge in [0.1, 0.15) is 0 Å². The Kier molecular flexibility index (Phi) is 4.48. The lowest BCUT2D eigenvalue weighted by Crippen LogP contribution is -2.48. The van der Waals surface area contributed by atoms with Gasteiger partial charge in [0.05, 0.1) is 11.2 Å². The van der Waals surface area contributed by atoms with Crippen molar-refractivity contribution in [3.8, 4) is 0 Å². The maximum absolute atomic E-state index is 4.83. The molecular formula is C30H36N2. The molecule has 4 aliphatic carbocycles. The summed E-state index contributed by atoms with van der Waals surface area (Å²) in [5.41, 5.74) is 8.27. The van der Waals surface area contributed by atoms with Gasteiger partial charge >= 0.3 is 0 Å². The summed E-state index contributed by atoms with van der Waals surface area (Å²) in [5.74, 6) is 2.97.